The Morgan fingerprint density at radius 1 is 0.590 bits per heavy atom. The first-order valence-corrected chi connectivity index (χ1v) is 13.4. The molecule has 0 unspecified atom stereocenters. The summed E-state index contributed by atoms with van der Waals surface area (Å²) in [6, 6.07) is 38.9. The van der Waals surface area contributed by atoms with Crippen LogP contribution in [-0.2, 0) is 0 Å². The molecule has 0 spiro atoms. The number of rotatable bonds is 6. The van der Waals surface area contributed by atoms with Crippen LogP contribution in [0.1, 0.15) is 5.69 Å². The highest BCUT2D eigenvalue weighted by Crippen LogP contribution is 2.35. The highest BCUT2D eigenvalue weighted by atomic mass is 79.9. The van der Waals surface area contributed by atoms with Gasteiger partial charge >= 0.3 is 0 Å². The Balaban J connectivity index is 1.48. The molecule has 0 aliphatic heterocycles. The largest absolute Gasteiger partial charge is 0.496 e. The minimum absolute atomic E-state index is 0.700. The number of nitrogens with zero attached hydrogens (tertiary/aromatic N) is 2. The Kier molecular flexibility index (Phi) is 6.82. The molecule has 0 radical (unpaired) electrons. The summed E-state index contributed by atoms with van der Waals surface area (Å²) in [7, 11) is 1.69. The van der Waals surface area contributed by atoms with Gasteiger partial charge in [-0.25, -0.2) is 4.98 Å². The molecule has 3 aromatic carbocycles. The number of ether oxygens (including phenoxy) is 1. The van der Waals surface area contributed by atoms with E-state index >= 15 is 0 Å². The zero-order chi connectivity index (χ0) is 26.8. The molecule has 0 aliphatic rings. The van der Waals surface area contributed by atoms with Crippen LogP contribution in [0.4, 0.5) is 0 Å². The molecule has 0 bridgehead atoms. The van der Waals surface area contributed by atoms with Gasteiger partial charge in [0, 0.05) is 27.9 Å². The molecule has 39 heavy (non-hydrogen) atoms. The van der Waals surface area contributed by atoms with Gasteiger partial charge in [0.2, 0.25) is 0 Å². The highest BCUT2D eigenvalue weighted by Gasteiger charge is 2.14. The first-order chi connectivity index (χ1) is 19.1. The lowest BCUT2D eigenvalue weighted by Gasteiger charge is -2.13. The summed E-state index contributed by atoms with van der Waals surface area (Å²) in [4.78, 5) is 9.94. The fourth-order valence-electron chi connectivity index (χ4n) is 4.74. The van der Waals surface area contributed by atoms with Crippen molar-refractivity contribution in [1.29, 1.82) is 0 Å². The minimum atomic E-state index is 0.700. The van der Waals surface area contributed by atoms with Crippen molar-refractivity contribution in [1.82, 2.24) is 9.97 Å². The van der Waals surface area contributed by atoms with E-state index in [1.54, 1.807) is 7.11 Å². The lowest BCUT2D eigenvalue weighted by atomic mass is 9.98. The molecule has 190 valence electrons. The topological polar surface area (TPSA) is 48.2 Å². The Bertz CT molecular complexity index is 1780. The number of hydrogen-bond donors (Lipinski definition) is 0. The number of hydrogen-bond acceptors (Lipinski definition) is 4. The van der Waals surface area contributed by atoms with Crippen LogP contribution in [-0.4, -0.2) is 17.1 Å². The average Bonchev–Trinajstić information content (AvgIpc) is 3.43. The molecule has 3 aromatic heterocycles. The normalized spacial score (nSPS) is 10.9. The van der Waals surface area contributed by atoms with Crippen LogP contribution in [0.25, 0.3) is 56.2 Å². The third-order valence-electron chi connectivity index (χ3n) is 6.58. The molecule has 0 saturated carbocycles. The van der Waals surface area contributed by atoms with Gasteiger partial charge in [-0.05, 0) is 88.6 Å². The smallest absolute Gasteiger partial charge is 0.169 e. The van der Waals surface area contributed by atoms with E-state index < -0.39 is 0 Å². The summed E-state index contributed by atoms with van der Waals surface area (Å²) in [5.74, 6) is 1.58. The number of methoxy groups -OCH3 is 1. The van der Waals surface area contributed by atoms with E-state index in [2.05, 4.69) is 82.7 Å². The standard InChI is InChI=1S/C34H25BrN2O2/c1-22-17-27(32-15-16-34(35)39-32)21-29(36-22)24-11-8-12-25(18-24)30-19-26(23-9-4-3-5-10-23)20-31(37-30)28-13-6-7-14-33(28)38-2/h3-21H,1-2H3. The summed E-state index contributed by atoms with van der Waals surface area (Å²) in [5.41, 5.74) is 9.69. The Labute approximate surface area is 236 Å². The molecule has 0 fully saturated rings. The Morgan fingerprint density at radius 3 is 2.00 bits per heavy atom. The quantitative estimate of drug-likeness (QED) is 0.199. The van der Waals surface area contributed by atoms with Crippen molar-refractivity contribution >= 4 is 15.9 Å². The van der Waals surface area contributed by atoms with Crippen LogP contribution in [0, 0.1) is 6.92 Å². The van der Waals surface area contributed by atoms with Crippen molar-refractivity contribution in [3.63, 3.8) is 0 Å². The maximum absolute atomic E-state index is 5.81. The number of aromatic nitrogens is 2. The second-order valence-corrected chi connectivity index (χ2v) is 10.0. The minimum Gasteiger partial charge on any atom is -0.496 e. The Hall–Kier alpha value is -4.48. The van der Waals surface area contributed by atoms with Crippen molar-refractivity contribution in [2.45, 2.75) is 6.92 Å². The number of halogens is 1. The predicted molar refractivity (Wildman–Crippen MR) is 160 cm³/mol. The van der Waals surface area contributed by atoms with Gasteiger partial charge in [-0.1, -0.05) is 60.7 Å². The van der Waals surface area contributed by atoms with Crippen molar-refractivity contribution in [3.8, 4) is 62.0 Å². The second-order valence-electron chi connectivity index (χ2n) is 9.26. The van der Waals surface area contributed by atoms with Crippen LogP contribution in [0.5, 0.6) is 5.75 Å². The van der Waals surface area contributed by atoms with Gasteiger partial charge in [0.1, 0.15) is 11.5 Å². The molecule has 6 aromatic rings. The van der Waals surface area contributed by atoms with Gasteiger partial charge < -0.3 is 9.15 Å². The molecular formula is C34H25BrN2O2. The molecule has 3 heterocycles. The number of aryl methyl sites for hydroxylation is 1. The summed E-state index contributed by atoms with van der Waals surface area (Å²) < 4.78 is 12.2. The number of para-hydroxylation sites is 1. The molecule has 4 nitrogen and oxygen atoms in total. The van der Waals surface area contributed by atoms with Crippen molar-refractivity contribution in [3.05, 3.63) is 126 Å². The lowest BCUT2D eigenvalue weighted by molar-refractivity contribution is 0.416. The van der Waals surface area contributed by atoms with E-state index in [1.807, 2.05) is 55.5 Å². The van der Waals surface area contributed by atoms with Crippen LogP contribution in [0.2, 0.25) is 0 Å². The van der Waals surface area contributed by atoms with E-state index in [0.717, 1.165) is 67.7 Å². The summed E-state index contributed by atoms with van der Waals surface area (Å²) in [6.07, 6.45) is 0. The molecular weight excluding hydrogens is 548 g/mol. The number of furan rings is 1. The molecule has 0 amide bonds. The lowest BCUT2D eigenvalue weighted by Crippen LogP contribution is -1.94. The molecule has 0 atom stereocenters. The third kappa shape index (κ3) is 5.27. The van der Waals surface area contributed by atoms with Crippen LogP contribution in [0.15, 0.2) is 124 Å². The molecule has 0 saturated heterocycles. The summed E-state index contributed by atoms with van der Waals surface area (Å²) in [6.45, 7) is 2.00. The van der Waals surface area contributed by atoms with Crippen molar-refractivity contribution < 1.29 is 9.15 Å². The SMILES string of the molecule is COc1ccccc1-c1cc(-c2ccccc2)cc(-c2cccc(-c3cc(-c4ccc(Br)o4)cc(C)n3)c2)n1. The summed E-state index contributed by atoms with van der Waals surface area (Å²) in [5, 5.41) is 0. The highest BCUT2D eigenvalue weighted by molar-refractivity contribution is 9.10. The molecule has 0 aliphatic carbocycles. The van der Waals surface area contributed by atoms with Crippen LogP contribution in [0.3, 0.4) is 0 Å². The van der Waals surface area contributed by atoms with E-state index in [4.69, 9.17) is 19.1 Å². The zero-order valence-electron chi connectivity index (χ0n) is 21.6. The second kappa shape index (κ2) is 10.7. The fraction of sp³-hybridized carbons (Fsp3) is 0.0588. The van der Waals surface area contributed by atoms with Gasteiger partial charge in [0.15, 0.2) is 4.67 Å². The average molecular weight is 573 g/mol. The first-order valence-electron chi connectivity index (χ1n) is 12.6. The fourth-order valence-corrected chi connectivity index (χ4v) is 5.04. The van der Waals surface area contributed by atoms with E-state index in [-0.39, 0.29) is 0 Å². The number of benzene rings is 3. The van der Waals surface area contributed by atoms with E-state index in [1.165, 1.54) is 0 Å². The molecule has 5 heteroatoms. The van der Waals surface area contributed by atoms with Gasteiger partial charge in [0.05, 0.1) is 24.2 Å². The van der Waals surface area contributed by atoms with Crippen LogP contribution < -0.4 is 4.74 Å². The first kappa shape index (κ1) is 24.8. The van der Waals surface area contributed by atoms with Crippen molar-refractivity contribution in [2.24, 2.45) is 0 Å². The van der Waals surface area contributed by atoms with Crippen molar-refractivity contribution in [2.75, 3.05) is 7.11 Å². The maximum atomic E-state index is 5.81. The predicted octanol–water partition coefficient (Wildman–Crippen LogP) is 9.48. The van der Waals surface area contributed by atoms with Gasteiger partial charge in [-0.3, -0.25) is 4.98 Å². The van der Waals surface area contributed by atoms with Gasteiger partial charge in [-0.15, -0.1) is 0 Å². The monoisotopic (exact) mass is 572 g/mol. The van der Waals surface area contributed by atoms with Crippen LogP contribution >= 0.6 is 15.9 Å². The maximum Gasteiger partial charge on any atom is 0.169 e. The van der Waals surface area contributed by atoms with Gasteiger partial charge in [-0.2, -0.15) is 0 Å². The van der Waals surface area contributed by atoms with E-state index in [0.29, 0.717) is 4.67 Å². The Morgan fingerprint density at radius 2 is 1.26 bits per heavy atom. The third-order valence-corrected chi connectivity index (χ3v) is 7.01. The number of pyridine rings is 2. The molecule has 0 N–H and O–H groups in total. The molecule has 6 rings (SSSR count). The summed E-state index contributed by atoms with van der Waals surface area (Å²) >= 11 is 3.40. The van der Waals surface area contributed by atoms with E-state index in [9.17, 15) is 0 Å². The van der Waals surface area contributed by atoms with Gasteiger partial charge in [0.25, 0.3) is 0 Å². The zero-order valence-corrected chi connectivity index (χ0v) is 23.1.